The van der Waals surface area contributed by atoms with E-state index in [1.165, 1.54) is 30.3 Å². The van der Waals surface area contributed by atoms with Crippen LogP contribution < -0.4 is 0 Å². The van der Waals surface area contributed by atoms with Gasteiger partial charge in [-0.2, -0.15) is 0 Å². The molecule has 0 spiro atoms. The molecule has 5 nitrogen and oxygen atoms in total. The monoisotopic (exact) mass is 402 g/mol. The second kappa shape index (κ2) is 7.17. The van der Waals surface area contributed by atoms with Crippen LogP contribution in [0.3, 0.4) is 0 Å². The zero-order chi connectivity index (χ0) is 19.7. The lowest BCUT2D eigenvalue weighted by atomic mass is 10.2. The number of aryl methyl sites for hydroxylation is 1. The van der Waals surface area contributed by atoms with E-state index < -0.39 is 30.3 Å². The van der Waals surface area contributed by atoms with E-state index in [1.807, 2.05) is 6.92 Å². The van der Waals surface area contributed by atoms with Gasteiger partial charge in [0.1, 0.15) is 10.6 Å². The Balaban J connectivity index is 2.12. The summed E-state index contributed by atoms with van der Waals surface area (Å²) in [5.41, 5.74) is 0.993. The molecule has 0 saturated carbocycles. The minimum atomic E-state index is -4.06. The van der Waals surface area contributed by atoms with Crippen LogP contribution in [0.1, 0.15) is 12.5 Å². The largest absolute Gasteiger partial charge is 0.507 e. The second-order valence-electron chi connectivity index (χ2n) is 5.95. The Morgan fingerprint density at radius 2 is 1.26 bits per heavy atom. The maximum absolute atomic E-state index is 12.9. The topological polar surface area (TPSA) is 88.5 Å². The Kier molecular flexibility index (Phi) is 5.08. The Morgan fingerprint density at radius 1 is 0.704 bits per heavy atom. The molecule has 140 valence electrons. The van der Waals surface area contributed by atoms with Gasteiger partial charge in [-0.3, -0.25) is 0 Å². The van der Waals surface area contributed by atoms with Crippen molar-refractivity contribution in [3.05, 3.63) is 78.4 Å². The van der Waals surface area contributed by atoms with E-state index in [9.17, 15) is 21.9 Å². The van der Waals surface area contributed by atoms with Gasteiger partial charge in [0.15, 0.2) is 0 Å². The van der Waals surface area contributed by atoms with Gasteiger partial charge in [0.2, 0.25) is 19.7 Å². The molecule has 0 fully saturated rings. The van der Waals surface area contributed by atoms with Gasteiger partial charge < -0.3 is 5.11 Å². The molecule has 3 aromatic rings. The summed E-state index contributed by atoms with van der Waals surface area (Å²) in [6, 6.07) is 17.3. The molecule has 0 aliphatic heterocycles. The van der Waals surface area contributed by atoms with Gasteiger partial charge in [-0.1, -0.05) is 37.3 Å². The van der Waals surface area contributed by atoms with E-state index in [0.717, 1.165) is 24.1 Å². The van der Waals surface area contributed by atoms with Crippen LogP contribution in [0.25, 0.3) is 0 Å². The Labute approximate surface area is 158 Å². The molecule has 0 bridgehead atoms. The van der Waals surface area contributed by atoms with Crippen LogP contribution in [0.4, 0.5) is 0 Å². The van der Waals surface area contributed by atoms with Crippen LogP contribution >= 0.6 is 0 Å². The zero-order valence-corrected chi connectivity index (χ0v) is 16.2. The molecule has 0 saturated heterocycles. The summed E-state index contributed by atoms with van der Waals surface area (Å²) >= 11 is 0. The molecular formula is C20H18O5S2. The van der Waals surface area contributed by atoms with Gasteiger partial charge in [0, 0.05) is 0 Å². The number of sulfone groups is 2. The Bertz CT molecular complexity index is 1160. The van der Waals surface area contributed by atoms with Crippen LogP contribution in [-0.2, 0) is 26.1 Å². The quantitative estimate of drug-likeness (QED) is 0.704. The SMILES string of the molecule is CCc1ccc(S(=O)(=O)c2ccc(O)c(S(=O)(=O)c3ccccc3)c2)cc1. The van der Waals surface area contributed by atoms with E-state index in [1.54, 1.807) is 30.3 Å². The van der Waals surface area contributed by atoms with Crippen molar-refractivity contribution in [1.82, 2.24) is 0 Å². The van der Waals surface area contributed by atoms with E-state index in [-0.39, 0.29) is 14.7 Å². The first-order valence-corrected chi connectivity index (χ1v) is 11.2. The lowest BCUT2D eigenvalue weighted by molar-refractivity contribution is 0.458. The second-order valence-corrected chi connectivity index (χ2v) is 9.81. The number of benzene rings is 3. The van der Waals surface area contributed by atoms with Crippen LogP contribution in [0.15, 0.2) is 92.4 Å². The molecule has 0 heterocycles. The molecule has 0 aliphatic carbocycles. The first kappa shape index (κ1) is 19.1. The van der Waals surface area contributed by atoms with Crippen molar-refractivity contribution in [3.8, 4) is 5.75 Å². The first-order chi connectivity index (χ1) is 12.8. The molecule has 0 aliphatic rings. The van der Waals surface area contributed by atoms with Crippen molar-refractivity contribution in [2.45, 2.75) is 32.9 Å². The van der Waals surface area contributed by atoms with Crippen molar-refractivity contribution in [2.24, 2.45) is 0 Å². The molecular weight excluding hydrogens is 384 g/mol. The van der Waals surface area contributed by atoms with Gasteiger partial charge in [-0.05, 0) is 54.4 Å². The average Bonchev–Trinajstić information content (AvgIpc) is 2.68. The summed E-state index contributed by atoms with van der Waals surface area (Å²) < 4.78 is 51.4. The standard InChI is InChI=1S/C20H18O5S2/c1-2-15-8-10-17(11-9-15)26(22,23)18-12-13-19(21)20(14-18)27(24,25)16-6-4-3-5-7-16/h3-14,21H,2H2,1H3. The summed E-state index contributed by atoms with van der Waals surface area (Å²) in [7, 11) is -7.98. The minimum Gasteiger partial charge on any atom is -0.507 e. The third-order valence-electron chi connectivity index (χ3n) is 4.23. The molecule has 3 aromatic carbocycles. The molecule has 0 radical (unpaired) electrons. The lowest BCUT2D eigenvalue weighted by Crippen LogP contribution is -2.06. The number of phenolic OH excluding ortho intramolecular Hbond substituents is 1. The summed E-state index contributed by atoms with van der Waals surface area (Å²) in [6.45, 7) is 1.96. The third kappa shape index (κ3) is 3.61. The van der Waals surface area contributed by atoms with Gasteiger partial charge in [0.05, 0.1) is 14.7 Å². The Hall–Kier alpha value is -2.64. The van der Waals surface area contributed by atoms with Crippen LogP contribution in [-0.4, -0.2) is 21.9 Å². The van der Waals surface area contributed by atoms with Crippen molar-refractivity contribution in [3.63, 3.8) is 0 Å². The number of phenols is 1. The first-order valence-electron chi connectivity index (χ1n) is 8.24. The predicted octanol–water partition coefficient (Wildman–Crippen LogP) is 3.62. The summed E-state index contributed by atoms with van der Waals surface area (Å²) in [5.74, 6) is -0.501. The number of hydrogen-bond acceptors (Lipinski definition) is 5. The molecule has 0 atom stereocenters. The van der Waals surface area contributed by atoms with Crippen molar-refractivity contribution < 1.29 is 21.9 Å². The number of hydrogen-bond donors (Lipinski definition) is 1. The highest BCUT2D eigenvalue weighted by Crippen LogP contribution is 2.32. The van der Waals surface area contributed by atoms with Gasteiger partial charge in [-0.25, -0.2) is 16.8 Å². The fourth-order valence-electron chi connectivity index (χ4n) is 2.64. The maximum atomic E-state index is 12.9. The number of rotatable bonds is 5. The zero-order valence-electron chi connectivity index (χ0n) is 14.5. The van der Waals surface area contributed by atoms with Crippen LogP contribution in [0, 0.1) is 0 Å². The Morgan fingerprint density at radius 3 is 1.85 bits per heavy atom. The van der Waals surface area contributed by atoms with E-state index in [0.29, 0.717) is 0 Å². The molecule has 27 heavy (non-hydrogen) atoms. The smallest absolute Gasteiger partial charge is 0.210 e. The molecule has 3 rings (SSSR count). The highest BCUT2D eigenvalue weighted by atomic mass is 32.2. The van der Waals surface area contributed by atoms with Crippen molar-refractivity contribution in [2.75, 3.05) is 0 Å². The van der Waals surface area contributed by atoms with E-state index in [4.69, 9.17) is 0 Å². The summed E-state index contributed by atoms with van der Waals surface area (Å²) in [4.78, 5) is -0.602. The molecule has 0 aromatic heterocycles. The fourth-order valence-corrected chi connectivity index (χ4v) is 5.40. The normalized spacial score (nSPS) is 12.0. The summed E-state index contributed by atoms with van der Waals surface area (Å²) in [5, 5.41) is 10.1. The van der Waals surface area contributed by atoms with E-state index in [2.05, 4.69) is 0 Å². The lowest BCUT2D eigenvalue weighted by Gasteiger charge is -2.10. The summed E-state index contributed by atoms with van der Waals surface area (Å²) in [6.07, 6.45) is 0.777. The molecule has 1 N–H and O–H groups in total. The highest BCUT2D eigenvalue weighted by Gasteiger charge is 2.25. The van der Waals surface area contributed by atoms with Gasteiger partial charge >= 0.3 is 0 Å². The minimum absolute atomic E-state index is 0.0258. The van der Waals surface area contributed by atoms with Crippen LogP contribution in [0.5, 0.6) is 5.75 Å². The highest BCUT2D eigenvalue weighted by molar-refractivity contribution is 7.92. The third-order valence-corrected chi connectivity index (χ3v) is 7.79. The van der Waals surface area contributed by atoms with Gasteiger partial charge in [0.25, 0.3) is 0 Å². The van der Waals surface area contributed by atoms with Crippen LogP contribution in [0.2, 0.25) is 0 Å². The molecule has 7 heteroatoms. The van der Waals surface area contributed by atoms with Gasteiger partial charge in [-0.15, -0.1) is 0 Å². The fraction of sp³-hybridized carbons (Fsp3) is 0.100. The molecule has 0 amide bonds. The molecule has 0 unspecified atom stereocenters. The van der Waals surface area contributed by atoms with Crippen molar-refractivity contribution in [1.29, 1.82) is 0 Å². The van der Waals surface area contributed by atoms with E-state index >= 15 is 0 Å². The average molecular weight is 402 g/mol. The van der Waals surface area contributed by atoms with Crippen molar-refractivity contribution >= 4 is 19.7 Å². The number of aromatic hydroxyl groups is 1. The predicted molar refractivity (Wildman–Crippen MR) is 101 cm³/mol. The maximum Gasteiger partial charge on any atom is 0.210 e.